The van der Waals surface area contributed by atoms with Gasteiger partial charge in [0, 0.05) is 0 Å². The summed E-state index contributed by atoms with van der Waals surface area (Å²) in [5.41, 5.74) is 0.420. The quantitative estimate of drug-likeness (QED) is 0.564. The van der Waals surface area contributed by atoms with Crippen LogP contribution in [-0.4, -0.2) is 0 Å². The standard InChI is InChI=1S/C11H18/c1-4-8-11(3)9-6-5-7-10(11)2/h5-7,9-10H,4,8H2,1-3H3. The van der Waals surface area contributed by atoms with E-state index in [2.05, 4.69) is 45.1 Å². The number of hydrogen-bond acceptors (Lipinski definition) is 0. The molecule has 0 bridgehead atoms. The van der Waals surface area contributed by atoms with E-state index >= 15 is 0 Å². The Bertz CT molecular complexity index is 176. The average molecular weight is 150 g/mol. The lowest BCUT2D eigenvalue weighted by Gasteiger charge is -2.32. The van der Waals surface area contributed by atoms with Crippen LogP contribution in [0.1, 0.15) is 33.6 Å². The zero-order valence-electron chi connectivity index (χ0n) is 7.80. The molecule has 0 aliphatic heterocycles. The lowest BCUT2D eigenvalue weighted by Crippen LogP contribution is -2.22. The Balaban J connectivity index is 2.68. The van der Waals surface area contributed by atoms with E-state index < -0.39 is 0 Å². The van der Waals surface area contributed by atoms with Crippen molar-refractivity contribution in [3.63, 3.8) is 0 Å². The lowest BCUT2D eigenvalue weighted by molar-refractivity contribution is 0.297. The highest BCUT2D eigenvalue weighted by Crippen LogP contribution is 2.36. The highest BCUT2D eigenvalue weighted by Gasteiger charge is 2.26. The summed E-state index contributed by atoms with van der Waals surface area (Å²) < 4.78 is 0. The van der Waals surface area contributed by atoms with E-state index in [1.54, 1.807) is 0 Å². The lowest BCUT2D eigenvalue weighted by atomic mass is 9.72. The van der Waals surface area contributed by atoms with Crippen molar-refractivity contribution in [2.45, 2.75) is 33.6 Å². The van der Waals surface area contributed by atoms with Crippen molar-refractivity contribution in [2.75, 3.05) is 0 Å². The Morgan fingerprint density at radius 1 is 1.36 bits per heavy atom. The van der Waals surface area contributed by atoms with Gasteiger partial charge in [0.2, 0.25) is 0 Å². The van der Waals surface area contributed by atoms with Crippen LogP contribution in [0.3, 0.4) is 0 Å². The summed E-state index contributed by atoms with van der Waals surface area (Å²) in [6.07, 6.45) is 11.6. The minimum Gasteiger partial charge on any atom is -0.0809 e. The highest BCUT2D eigenvalue weighted by atomic mass is 14.3. The zero-order chi connectivity index (χ0) is 8.32. The molecule has 1 aliphatic carbocycles. The molecule has 0 spiro atoms. The van der Waals surface area contributed by atoms with Gasteiger partial charge in [-0.15, -0.1) is 0 Å². The second-order valence-electron chi connectivity index (χ2n) is 3.79. The van der Waals surface area contributed by atoms with Crippen LogP contribution in [0.4, 0.5) is 0 Å². The summed E-state index contributed by atoms with van der Waals surface area (Å²) in [5.74, 6) is 0.701. The molecule has 0 radical (unpaired) electrons. The molecule has 62 valence electrons. The van der Waals surface area contributed by atoms with Gasteiger partial charge in [0.1, 0.15) is 0 Å². The molecular formula is C11H18. The van der Waals surface area contributed by atoms with E-state index in [0.717, 1.165) is 0 Å². The van der Waals surface area contributed by atoms with Crippen molar-refractivity contribution in [2.24, 2.45) is 11.3 Å². The number of hydrogen-bond donors (Lipinski definition) is 0. The van der Waals surface area contributed by atoms with Crippen LogP contribution in [0.5, 0.6) is 0 Å². The Labute approximate surface area is 70.0 Å². The first-order chi connectivity index (χ1) is 5.19. The van der Waals surface area contributed by atoms with Gasteiger partial charge < -0.3 is 0 Å². The molecule has 0 fully saturated rings. The predicted molar refractivity (Wildman–Crippen MR) is 50.5 cm³/mol. The summed E-state index contributed by atoms with van der Waals surface area (Å²) in [5, 5.41) is 0. The first kappa shape index (κ1) is 8.58. The monoisotopic (exact) mass is 150 g/mol. The summed E-state index contributed by atoms with van der Waals surface area (Å²) >= 11 is 0. The van der Waals surface area contributed by atoms with Gasteiger partial charge in [0.05, 0.1) is 0 Å². The smallest absolute Gasteiger partial charge is 0.00833 e. The second kappa shape index (κ2) is 3.25. The van der Waals surface area contributed by atoms with Crippen LogP contribution in [-0.2, 0) is 0 Å². The Morgan fingerprint density at radius 3 is 2.64 bits per heavy atom. The van der Waals surface area contributed by atoms with Gasteiger partial charge in [-0.3, -0.25) is 0 Å². The van der Waals surface area contributed by atoms with E-state index in [9.17, 15) is 0 Å². The molecule has 2 atom stereocenters. The van der Waals surface area contributed by atoms with Crippen molar-refractivity contribution >= 4 is 0 Å². The maximum Gasteiger partial charge on any atom is -0.00833 e. The minimum atomic E-state index is 0.420. The van der Waals surface area contributed by atoms with Crippen LogP contribution in [0.25, 0.3) is 0 Å². The Morgan fingerprint density at radius 2 is 2.09 bits per heavy atom. The van der Waals surface area contributed by atoms with Crippen LogP contribution in [0, 0.1) is 11.3 Å². The Kier molecular flexibility index (Phi) is 2.53. The highest BCUT2D eigenvalue weighted by molar-refractivity contribution is 5.17. The molecule has 0 N–H and O–H groups in total. The third-order valence-corrected chi connectivity index (χ3v) is 2.82. The molecule has 2 unspecified atom stereocenters. The zero-order valence-corrected chi connectivity index (χ0v) is 7.80. The molecule has 0 amide bonds. The topological polar surface area (TPSA) is 0 Å². The van der Waals surface area contributed by atoms with E-state index in [1.807, 2.05) is 0 Å². The van der Waals surface area contributed by atoms with Crippen LogP contribution >= 0.6 is 0 Å². The van der Waals surface area contributed by atoms with Gasteiger partial charge in [-0.2, -0.15) is 0 Å². The molecule has 0 saturated heterocycles. The van der Waals surface area contributed by atoms with Gasteiger partial charge in [0.25, 0.3) is 0 Å². The van der Waals surface area contributed by atoms with Crippen molar-refractivity contribution in [3.05, 3.63) is 24.3 Å². The van der Waals surface area contributed by atoms with Gasteiger partial charge in [-0.05, 0) is 17.8 Å². The summed E-state index contributed by atoms with van der Waals surface area (Å²) in [6.45, 7) is 6.90. The van der Waals surface area contributed by atoms with Gasteiger partial charge >= 0.3 is 0 Å². The SMILES string of the molecule is CCCC1(C)C=CC=CC1C. The third kappa shape index (κ3) is 1.74. The summed E-state index contributed by atoms with van der Waals surface area (Å²) in [4.78, 5) is 0. The summed E-state index contributed by atoms with van der Waals surface area (Å²) in [6, 6.07) is 0. The maximum absolute atomic E-state index is 2.35. The maximum atomic E-state index is 2.35. The molecule has 11 heavy (non-hydrogen) atoms. The summed E-state index contributed by atoms with van der Waals surface area (Å²) in [7, 11) is 0. The molecule has 0 aromatic rings. The van der Waals surface area contributed by atoms with Gasteiger partial charge in [0.15, 0.2) is 0 Å². The fourth-order valence-corrected chi connectivity index (χ4v) is 1.73. The minimum absolute atomic E-state index is 0.420. The van der Waals surface area contributed by atoms with E-state index in [4.69, 9.17) is 0 Å². The fourth-order valence-electron chi connectivity index (χ4n) is 1.73. The first-order valence-corrected chi connectivity index (χ1v) is 4.55. The van der Waals surface area contributed by atoms with Crippen LogP contribution in [0.15, 0.2) is 24.3 Å². The largest absolute Gasteiger partial charge is 0.0809 e. The normalized spacial score (nSPS) is 36.1. The van der Waals surface area contributed by atoms with Gasteiger partial charge in [-0.25, -0.2) is 0 Å². The molecule has 0 nitrogen and oxygen atoms in total. The Hall–Kier alpha value is -0.520. The second-order valence-corrected chi connectivity index (χ2v) is 3.79. The molecule has 0 aromatic heterocycles. The van der Waals surface area contributed by atoms with E-state index in [-0.39, 0.29) is 0 Å². The van der Waals surface area contributed by atoms with E-state index in [0.29, 0.717) is 11.3 Å². The van der Waals surface area contributed by atoms with Crippen molar-refractivity contribution < 1.29 is 0 Å². The van der Waals surface area contributed by atoms with Crippen molar-refractivity contribution in [1.82, 2.24) is 0 Å². The predicted octanol–water partition coefficient (Wildman–Crippen LogP) is 3.55. The van der Waals surface area contributed by atoms with Gasteiger partial charge in [-0.1, -0.05) is 51.5 Å². The van der Waals surface area contributed by atoms with Crippen LogP contribution in [0.2, 0.25) is 0 Å². The number of allylic oxidation sites excluding steroid dienone is 4. The fraction of sp³-hybridized carbons (Fsp3) is 0.636. The van der Waals surface area contributed by atoms with Crippen LogP contribution < -0.4 is 0 Å². The number of rotatable bonds is 2. The molecule has 1 rings (SSSR count). The first-order valence-electron chi connectivity index (χ1n) is 4.55. The van der Waals surface area contributed by atoms with Crippen molar-refractivity contribution in [3.8, 4) is 0 Å². The molecule has 1 aliphatic rings. The van der Waals surface area contributed by atoms with Crippen molar-refractivity contribution in [1.29, 1.82) is 0 Å². The molecule has 0 heteroatoms. The average Bonchev–Trinajstić information content (AvgIpc) is 1.96. The molecular weight excluding hydrogens is 132 g/mol. The third-order valence-electron chi connectivity index (χ3n) is 2.82. The van der Waals surface area contributed by atoms with E-state index in [1.165, 1.54) is 12.8 Å². The molecule has 0 heterocycles. The molecule has 0 saturated carbocycles. The molecule has 0 aromatic carbocycles.